The second-order valence-corrected chi connectivity index (χ2v) is 10.8. The van der Waals surface area contributed by atoms with Gasteiger partial charge in [-0.25, -0.2) is 19.6 Å². The number of ether oxygens (including phenoxy) is 2. The highest BCUT2D eigenvalue weighted by atomic mass is 32.1. The topological polar surface area (TPSA) is 89.0 Å². The first kappa shape index (κ1) is 23.3. The van der Waals surface area contributed by atoms with Crippen LogP contribution in [0.15, 0.2) is 58.8 Å². The zero-order chi connectivity index (χ0) is 25.1. The van der Waals surface area contributed by atoms with Crippen molar-refractivity contribution >= 4 is 34.4 Å². The smallest absolute Gasteiger partial charge is 0.417 e. The van der Waals surface area contributed by atoms with E-state index in [0.717, 1.165) is 16.7 Å². The number of carbonyl (C=O) groups is 3. The average Bonchev–Trinajstić information content (AvgIpc) is 3.53. The molecule has 1 saturated heterocycles. The van der Waals surface area contributed by atoms with Gasteiger partial charge in [0.15, 0.2) is 5.13 Å². The third-order valence-corrected chi connectivity index (χ3v) is 7.38. The minimum absolute atomic E-state index is 0.180. The highest BCUT2D eigenvalue weighted by Crippen LogP contribution is 2.50. The summed E-state index contributed by atoms with van der Waals surface area (Å²) in [6.07, 6.45) is 2.27. The van der Waals surface area contributed by atoms with Gasteiger partial charge in [0.2, 0.25) is 6.23 Å². The molecule has 0 N–H and O–H groups in total. The van der Waals surface area contributed by atoms with Crippen molar-refractivity contribution in [2.75, 3.05) is 4.90 Å². The van der Waals surface area contributed by atoms with Gasteiger partial charge in [-0.1, -0.05) is 24.3 Å². The minimum Gasteiger partial charge on any atom is -0.473 e. The fourth-order valence-electron chi connectivity index (χ4n) is 4.90. The van der Waals surface area contributed by atoms with Crippen LogP contribution in [0.4, 0.5) is 9.93 Å². The molecule has 0 radical (unpaired) electrons. The second kappa shape index (κ2) is 8.34. The van der Waals surface area contributed by atoms with Crippen molar-refractivity contribution in [3.8, 4) is 0 Å². The zero-order valence-electron chi connectivity index (χ0n) is 20.3. The summed E-state index contributed by atoms with van der Waals surface area (Å²) < 4.78 is 11.7. The molecule has 1 aromatic heterocycles. The van der Waals surface area contributed by atoms with E-state index in [2.05, 4.69) is 4.98 Å². The van der Waals surface area contributed by atoms with Gasteiger partial charge in [-0.05, 0) is 57.7 Å². The maximum atomic E-state index is 13.6. The molecule has 182 valence electrons. The molecule has 5 rings (SSSR count). The molecule has 0 saturated carbocycles. The van der Waals surface area contributed by atoms with Gasteiger partial charge in [-0.15, -0.1) is 11.3 Å². The molecule has 0 spiro atoms. The normalized spacial score (nSPS) is 24.9. The first-order valence-corrected chi connectivity index (χ1v) is 12.4. The van der Waals surface area contributed by atoms with Crippen LogP contribution in [0.3, 0.4) is 0 Å². The van der Waals surface area contributed by atoms with Gasteiger partial charge < -0.3 is 9.47 Å². The molecule has 2 aliphatic heterocycles. The predicted octanol–water partition coefficient (Wildman–Crippen LogP) is 4.74. The van der Waals surface area contributed by atoms with E-state index in [1.54, 1.807) is 39.3 Å². The molecule has 2 aromatic rings. The van der Waals surface area contributed by atoms with Crippen LogP contribution in [0.25, 0.3) is 0 Å². The van der Waals surface area contributed by atoms with Crippen LogP contribution in [0.1, 0.15) is 51.8 Å². The van der Waals surface area contributed by atoms with Crippen molar-refractivity contribution in [1.29, 1.82) is 0 Å². The SMILES string of the molecule is CC1=C(C)C(OC=C2C(=O)N(C(=O)OC(C)(C)C)C3c4ccccc4CC23)N(c2nccs2)C1=O. The number of thiazole rings is 1. The highest BCUT2D eigenvalue weighted by molar-refractivity contribution is 7.13. The van der Waals surface area contributed by atoms with E-state index in [1.165, 1.54) is 27.4 Å². The standard InChI is InChI=1S/C26H27N3O5S/c1-14-15(2)23(29(21(14)30)24-27-10-11-35-24)33-13-19-18-12-16-8-6-7-9-17(16)20(18)28(22(19)31)25(32)34-26(3,4)5/h6-11,13,18,20,23H,12H2,1-5H3. The quantitative estimate of drug-likeness (QED) is 0.453. The molecule has 8 nitrogen and oxygen atoms in total. The van der Waals surface area contributed by atoms with E-state index < -0.39 is 29.9 Å². The largest absolute Gasteiger partial charge is 0.473 e. The summed E-state index contributed by atoms with van der Waals surface area (Å²) in [7, 11) is 0. The number of rotatable bonds is 3. The van der Waals surface area contributed by atoms with Gasteiger partial charge in [0, 0.05) is 23.1 Å². The van der Waals surface area contributed by atoms with Gasteiger partial charge >= 0.3 is 6.09 Å². The molecule has 1 aromatic carbocycles. The van der Waals surface area contributed by atoms with Gasteiger partial charge in [0.25, 0.3) is 11.8 Å². The Bertz CT molecular complexity index is 1270. The molecule has 35 heavy (non-hydrogen) atoms. The first-order valence-electron chi connectivity index (χ1n) is 11.5. The lowest BCUT2D eigenvalue weighted by molar-refractivity contribution is -0.125. The van der Waals surface area contributed by atoms with Crippen LogP contribution < -0.4 is 4.90 Å². The number of aromatic nitrogens is 1. The van der Waals surface area contributed by atoms with Gasteiger partial charge in [0.1, 0.15) is 5.60 Å². The maximum absolute atomic E-state index is 13.6. The lowest BCUT2D eigenvalue weighted by atomic mass is 9.97. The van der Waals surface area contributed by atoms with Crippen molar-refractivity contribution < 1.29 is 23.9 Å². The van der Waals surface area contributed by atoms with Crippen molar-refractivity contribution in [2.24, 2.45) is 5.92 Å². The first-order chi connectivity index (χ1) is 16.6. The number of nitrogens with zero attached hydrogens (tertiary/aromatic N) is 3. The molecule has 1 aliphatic carbocycles. The summed E-state index contributed by atoms with van der Waals surface area (Å²) in [5.41, 5.74) is 3.01. The second-order valence-electron chi connectivity index (χ2n) is 9.97. The molecule has 3 unspecified atom stereocenters. The predicted molar refractivity (Wildman–Crippen MR) is 130 cm³/mol. The van der Waals surface area contributed by atoms with Gasteiger partial charge in [-0.2, -0.15) is 0 Å². The molecule has 1 fully saturated rings. The van der Waals surface area contributed by atoms with E-state index in [-0.39, 0.29) is 11.8 Å². The summed E-state index contributed by atoms with van der Waals surface area (Å²) in [5.74, 6) is -0.879. The van der Waals surface area contributed by atoms with Crippen molar-refractivity contribution in [3.63, 3.8) is 0 Å². The summed E-state index contributed by atoms with van der Waals surface area (Å²) in [6.45, 7) is 8.90. The Balaban J connectivity index is 1.50. The molecule has 3 heterocycles. The van der Waals surface area contributed by atoms with Crippen LogP contribution >= 0.6 is 11.3 Å². The van der Waals surface area contributed by atoms with Crippen molar-refractivity contribution in [3.05, 3.63) is 70.0 Å². The molecular formula is C26H27N3O5S. The molecule has 3 amide bonds. The Morgan fingerprint density at radius 1 is 1.17 bits per heavy atom. The third kappa shape index (κ3) is 3.83. The van der Waals surface area contributed by atoms with Gasteiger partial charge in [0.05, 0.1) is 17.9 Å². The van der Waals surface area contributed by atoms with E-state index in [0.29, 0.717) is 22.7 Å². The fraction of sp³-hybridized carbons (Fsp3) is 0.385. The summed E-state index contributed by atoms with van der Waals surface area (Å²) >= 11 is 1.34. The lowest BCUT2D eigenvalue weighted by Gasteiger charge is -2.27. The van der Waals surface area contributed by atoms with Crippen LogP contribution in [0.5, 0.6) is 0 Å². The summed E-state index contributed by atoms with van der Waals surface area (Å²) in [4.78, 5) is 46.5. The monoisotopic (exact) mass is 493 g/mol. The number of amides is 3. The average molecular weight is 494 g/mol. The molecule has 3 atom stereocenters. The van der Waals surface area contributed by atoms with Gasteiger partial charge in [-0.3, -0.25) is 9.59 Å². The van der Waals surface area contributed by atoms with Crippen molar-refractivity contribution in [1.82, 2.24) is 9.88 Å². The zero-order valence-corrected chi connectivity index (χ0v) is 21.1. The summed E-state index contributed by atoms with van der Waals surface area (Å²) in [6, 6.07) is 7.36. The number of fused-ring (bicyclic) bond motifs is 3. The van der Waals surface area contributed by atoms with Crippen LogP contribution in [-0.2, 0) is 25.5 Å². The van der Waals surface area contributed by atoms with Crippen molar-refractivity contribution in [2.45, 2.75) is 58.9 Å². The van der Waals surface area contributed by atoms with E-state index in [4.69, 9.17) is 9.47 Å². The third-order valence-electron chi connectivity index (χ3n) is 6.61. The Hall–Kier alpha value is -3.46. The van der Waals surface area contributed by atoms with Crippen LogP contribution in [-0.4, -0.2) is 39.6 Å². The minimum atomic E-state index is -0.744. The molecule has 9 heteroatoms. The number of imide groups is 1. The molecule has 3 aliphatic rings. The number of likely N-dealkylation sites (tertiary alicyclic amines) is 1. The molecular weight excluding hydrogens is 466 g/mol. The van der Waals surface area contributed by atoms with Crippen LogP contribution in [0.2, 0.25) is 0 Å². The van der Waals surface area contributed by atoms with E-state index in [9.17, 15) is 14.4 Å². The Morgan fingerprint density at radius 3 is 2.60 bits per heavy atom. The fourth-order valence-corrected chi connectivity index (χ4v) is 5.56. The summed E-state index contributed by atoms with van der Waals surface area (Å²) in [5, 5.41) is 2.31. The Morgan fingerprint density at radius 2 is 1.91 bits per heavy atom. The number of hydrogen-bond acceptors (Lipinski definition) is 7. The number of hydrogen-bond donors (Lipinski definition) is 0. The number of carbonyl (C=O) groups excluding carboxylic acids is 3. The lowest BCUT2D eigenvalue weighted by Crippen LogP contribution is -2.39. The number of benzene rings is 1. The Kier molecular flexibility index (Phi) is 5.55. The molecule has 0 bridgehead atoms. The highest BCUT2D eigenvalue weighted by Gasteiger charge is 2.53. The number of anilines is 1. The van der Waals surface area contributed by atoms with E-state index >= 15 is 0 Å². The van der Waals surface area contributed by atoms with Crippen LogP contribution in [0, 0.1) is 5.92 Å². The maximum Gasteiger partial charge on any atom is 0.417 e. The van der Waals surface area contributed by atoms with E-state index in [1.807, 2.05) is 31.2 Å². The Labute approximate surface area is 207 Å².